The fourth-order valence-electron chi connectivity index (χ4n) is 4.93. The van der Waals surface area contributed by atoms with Crippen LogP contribution in [0.2, 0.25) is 0 Å². The highest BCUT2D eigenvalue weighted by Crippen LogP contribution is 2.30. The van der Waals surface area contributed by atoms with Gasteiger partial charge in [0.15, 0.2) is 0 Å². The molecule has 0 radical (unpaired) electrons. The number of benzene rings is 4. The van der Waals surface area contributed by atoms with E-state index in [2.05, 4.69) is 58.9 Å². The number of hydrogen-bond acceptors (Lipinski definition) is 3. The first-order chi connectivity index (χ1) is 18.6. The lowest BCUT2D eigenvalue weighted by atomic mass is 9.98. The van der Waals surface area contributed by atoms with Gasteiger partial charge < -0.3 is 15.5 Å². The van der Waals surface area contributed by atoms with Gasteiger partial charge in [-0.2, -0.15) is 0 Å². The molecule has 0 saturated carbocycles. The highest BCUT2D eigenvalue weighted by Gasteiger charge is 2.22. The second kappa shape index (κ2) is 11.8. The second-order valence-corrected chi connectivity index (χ2v) is 9.67. The number of fused-ring (bicyclic) bond motifs is 1. The average Bonchev–Trinajstić information content (AvgIpc) is 2.97. The molecule has 192 valence electrons. The van der Waals surface area contributed by atoms with Crippen LogP contribution in [0.1, 0.15) is 49.9 Å². The van der Waals surface area contributed by atoms with E-state index in [1.165, 1.54) is 22.3 Å². The van der Waals surface area contributed by atoms with Crippen LogP contribution in [-0.2, 0) is 25.8 Å². The SMILES string of the molecule is CCc1ccc(C(=O)Nc2ccc(N3CCc4ccccc4C3)c(C(=O)NCCc3ccccc3)c2)cc1. The van der Waals surface area contributed by atoms with E-state index in [4.69, 9.17) is 0 Å². The van der Waals surface area contributed by atoms with Crippen LogP contribution >= 0.6 is 0 Å². The van der Waals surface area contributed by atoms with Crippen molar-refractivity contribution in [3.05, 3.63) is 130 Å². The molecule has 0 atom stereocenters. The molecule has 1 aliphatic heterocycles. The zero-order valence-electron chi connectivity index (χ0n) is 21.7. The topological polar surface area (TPSA) is 61.4 Å². The molecule has 2 amide bonds. The Labute approximate surface area is 224 Å². The summed E-state index contributed by atoms with van der Waals surface area (Å²) in [4.78, 5) is 28.7. The zero-order valence-corrected chi connectivity index (χ0v) is 21.7. The number of carbonyl (C=O) groups excluding carboxylic acids is 2. The standard InChI is InChI=1S/C33H33N3O2/c1-2-24-12-14-27(15-13-24)32(37)35-29-16-17-31(36-21-19-26-10-6-7-11-28(26)23-36)30(22-29)33(38)34-20-18-25-8-4-3-5-9-25/h3-17,22H,2,18-21,23H2,1H3,(H,34,38)(H,35,37). The molecule has 0 fully saturated rings. The minimum atomic E-state index is -0.192. The third-order valence-electron chi connectivity index (χ3n) is 7.14. The molecule has 0 aliphatic carbocycles. The predicted octanol–water partition coefficient (Wildman–Crippen LogP) is 6.04. The largest absolute Gasteiger partial charge is 0.366 e. The number of aryl methyl sites for hydroxylation is 1. The number of anilines is 2. The number of nitrogens with zero attached hydrogens (tertiary/aromatic N) is 1. The molecule has 5 rings (SSSR count). The van der Waals surface area contributed by atoms with Crippen molar-refractivity contribution in [3.8, 4) is 0 Å². The first-order valence-electron chi connectivity index (χ1n) is 13.3. The molecular formula is C33H33N3O2. The van der Waals surface area contributed by atoms with Gasteiger partial charge in [-0.25, -0.2) is 0 Å². The smallest absolute Gasteiger partial charge is 0.255 e. The summed E-state index contributed by atoms with van der Waals surface area (Å²) in [6.45, 7) is 4.20. The maximum atomic E-state index is 13.5. The van der Waals surface area contributed by atoms with Gasteiger partial charge >= 0.3 is 0 Å². The van der Waals surface area contributed by atoms with Crippen molar-refractivity contribution in [1.29, 1.82) is 0 Å². The lowest BCUT2D eigenvalue weighted by molar-refractivity contribution is 0.0953. The van der Waals surface area contributed by atoms with E-state index in [1.807, 2.05) is 54.6 Å². The predicted molar refractivity (Wildman–Crippen MR) is 154 cm³/mol. The summed E-state index contributed by atoms with van der Waals surface area (Å²) in [7, 11) is 0. The number of nitrogens with one attached hydrogen (secondary N) is 2. The second-order valence-electron chi connectivity index (χ2n) is 9.67. The zero-order chi connectivity index (χ0) is 26.3. The Morgan fingerprint density at radius 1 is 0.789 bits per heavy atom. The maximum absolute atomic E-state index is 13.5. The first-order valence-corrected chi connectivity index (χ1v) is 13.3. The van der Waals surface area contributed by atoms with Crippen LogP contribution < -0.4 is 15.5 Å². The first kappa shape index (κ1) is 25.3. The number of hydrogen-bond donors (Lipinski definition) is 2. The van der Waals surface area contributed by atoms with Gasteiger partial charge in [0, 0.05) is 36.6 Å². The van der Waals surface area contributed by atoms with Crippen LogP contribution in [0.15, 0.2) is 97.1 Å². The monoisotopic (exact) mass is 503 g/mol. The van der Waals surface area contributed by atoms with Crippen molar-refractivity contribution in [2.75, 3.05) is 23.3 Å². The van der Waals surface area contributed by atoms with Crippen molar-refractivity contribution in [1.82, 2.24) is 5.32 Å². The average molecular weight is 504 g/mol. The van der Waals surface area contributed by atoms with E-state index in [0.717, 1.165) is 38.0 Å². The molecule has 5 heteroatoms. The molecule has 0 aromatic heterocycles. The van der Waals surface area contributed by atoms with E-state index in [1.54, 1.807) is 6.07 Å². The molecular weight excluding hydrogens is 470 g/mol. The summed E-state index contributed by atoms with van der Waals surface area (Å²) in [5.41, 5.74) is 7.63. The minimum Gasteiger partial charge on any atom is -0.366 e. The van der Waals surface area contributed by atoms with Crippen LogP contribution in [-0.4, -0.2) is 24.9 Å². The molecule has 4 aromatic carbocycles. The van der Waals surface area contributed by atoms with Gasteiger partial charge in [-0.1, -0.05) is 73.7 Å². The summed E-state index contributed by atoms with van der Waals surface area (Å²) in [6.07, 6.45) is 2.60. The van der Waals surface area contributed by atoms with Crippen LogP contribution in [0.5, 0.6) is 0 Å². The summed E-state index contributed by atoms with van der Waals surface area (Å²) in [5, 5.41) is 6.07. The van der Waals surface area contributed by atoms with Gasteiger partial charge in [0.2, 0.25) is 0 Å². The van der Waals surface area contributed by atoms with Gasteiger partial charge in [0.05, 0.1) is 5.56 Å². The molecule has 0 unspecified atom stereocenters. The third-order valence-corrected chi connectivity index (χ3v) is 7.14. The molecule has 4 aromatic rings. The van der Waals surface area contributed by atoms with Crippen molar-refractivity contribution in [2.24, 2.45) is 0 Å². The summed E-state index contributed by atoms with van der Waals surface area (Å²) in [5.74, 6) is -0.332. The van der Waals surface area contributed by atoms with Crippen molar-refractivity contribution in [2.45, 2.75) is 32.7 Å². The van der Waals surface area contributed by atoms with Crippen molar-refractivity contribution < 1.29 is 9.59 Å². The highest BCUT2D eigenvalue weighted by molar-refractivity contribution is 6.06. The number of rotatable bonds is 8. The van der Waals surface area contributed by atoms with Crippen LogP contribution in [0.25, 0.3) is 0 Å². The minimum absolute atomic E-state index is 0.141. The molecule has 2 N–H and O–H groups in total. The Hall–Kier alpha value is -4.38. The Morgan fingerprint density at radius 3 is 2.29 bits per heavy atom. The van der Waals surface area contributed by atoms with E-state index >= 15 is 0 Å². The van der Waals surface area contributed by atoms with Gasteiger partial charge in [-0.05, 0) is 71.8 Å². The van der Waals surface area contributed by atoms with Gasteiger partial charge in [-0.15, -0.1) is 0 Å². The Kier molecular flexibility index (Phi) is 7.84. The van der Waals surface area contributed by atoms with Crippen molar-refractivity contribution in [3.63, 3.8) is 0 Å². The Bertz CT molecular complexity index is 1410. The van der Waals surface area contributed by atoms with Crippen LogP contribution in [0.3, 0.4) is 0 Å². The Balaban J connectivity index is 1.37. The highest BCUT2D eigenvalue weighted by atomic mass is 16.2. The molecule has 0 saturated heterocycles. The molecule has 0 spiro atoms. The Morgan fingerprint density at radius 2 is 1.53 bits per heavy atom. The fourth-order valence-corrected chi connectivity index (χ4v) is 4.93. The van der Waals surface area contributed by atoms with Gasteiger partial charge in [0.1, 0.15) is 0 Å². The molecule has 1 aliphatic rings. The fraction of sp³-hybridized carbons (Fsp3) is 0.212. The molecule has 0 bridgehead atoms. The summed E-state index contributed by atoms with van der Waals surface area (Å²) < 4.78 is 0. The normalized spacial score (nSPS) is 12.5. The lowest BCUT2D eigenvalue weighted by Gasteiger charge is -2.32. The van der Waals surface area contributed by atoms with Crippen LogP contribution in [0, 0.1) is 0 Å². The number of carbonyl (C=O) groups is 2. The summed E-state index contributed by atoms with van der Waals surface area (Å²) >= 11 is 0. The van der Waals surface area contributed by atoms with Crippen molar-refractivity contribution >= 4 is 23.2 Å². The summed E-state index contributed by atoms with van der Waals surface area (Å²) in [6, 6.07) is 31.8. The van der Waals surface area contributed by atoms with E-state index < -0.39 is 0 Å². The van der Waals surface area contributed by atoms with E-state index in [0.29, 0.717) is 23.4 Å². The third kappa shape index (κ3) is 5.94. The molecule has 38 heavy (non-hydrogen) atoms. The molecule has 1 heterocycles. The van der Waals surface area contributed by atoms with E-state index in [-0.39, 0.29) is 11.8 Å². The molecule has 5 nitrogen and oxygen atoms in total. The van der Waals surface area contributed by atoms with Gasteiger partial charge in [-0.3, -0.25) is 9.59 Å². The van der Waals surface area contributed by atoms with Crippen LogP contribution in [0.4, 0.5) is 11.4 Å². The quantitative estimate of drug-likeness (QED) is 0.308. The van der Waals surface area contributed by atoms with Gasteiger partial charge in [0.25, 0.3) is 11.8 Å². The lowest BCUT2D eigenvalue weighted by Crippen LogP contribution is -2.33. The maximum Gasteiger partial charge on any atom is 0.255 e. The number of amides is 2. The van der Waals surface area contributed by atoms with E-state index in [9.17, 15) is 9.59 Å².